The number of nitrogens with one attached hydrogen (secondary N) is 1. The van der Waals surface area contributed by atoms with Gasteiger partial charge in [0.1, 0.15) is 0 Å². The molecule has 1 aliphatic rings. The van der Waals surface area contributed by atoms with Gasteiger partial charge in [0, 0.05) is 21.4 Å². The van der Waals surface area contributed by atoms with E-state index in [1.165, 1.54) is 33.3 Å². The molecule has 1 nitrogen and oxygen atoms in total. The Kier molecular flexibility index (Phi) is 4.06. The molecule has 19 heavy (non-hydrogen) atoms. The number of halogens is 1. The van der Waals surface area contributed by atoms with Gasteiger partial charge in [-0.25, -0.2) is 0 Å². The largest absolute Gasteiger partial charge is 0.306 e. The Morgan fingerprint density at radius 1 is 1.26 bits per heavy atom. The van der Waals surface area contributed by atoms with Crippen molar-refractivity contribution in [2.75, 3.05) is 0 Å². The molecule has 1 aliphatic carbocycles. The third-order valence-electron chi connectivity index (χ3n) is 3.87. The zero-order valence-electron chi connectivity index (χ0n) is 11.0. The summed E-state index contributed by atoms with van der Waals surface area (Å²) in [4.78, 5) is 1.40. The highest BCUT2D eigenvalue weighted by Gasteiger charge is 2.21. The lowest BCUT2D eigenvalue weighted by Crippen LogP contribution is -2.36. The third kappa shape index (κ3) is 2.93. The fourth-order valence-electron chi connectivity index (χ4n) is 2.88. The van der Waals surface area contributed by atoms with Crippen LogP contribution in [0.5, 0.6) is 0 Å². The first kappa shape index (κ1) is 13.3. The SMILES string of the molecule is CC(NC1CCc2ccccc2C1)c1sccc1Br. The fourth-order valence-corrected chi connectivity index (χ4v) is 4.62. The molecule has 2 aromatic rings. The van der Waals surface area contributed by atoms with Gasteiger partial charge in [-0.1, -0.05) is 24.3 Å². The van der Waals surface area contributed by atoms with Crippen LogP contribution >= 0.6 is 27.3 Å². The van der Waals surface area contributed by atoms with E-state index < -0.39 is 0 Å². The predicted molar refractivity (Wildman–Crippen MR) is 85.8 cm³/mol. The van der Waals surface area contributed by atoms with Crippen LogP contribution in [-0.2, 0) is 12.8 Å². The minimum absolute atomic E-state index is 0.421. The first-order chi connectivity index (χ1) is 9.24. The van der Waals surface area contributed by atoms with Crippen LogP contribution < -0.4 is 5.32 Å². The lowest BCUT2D eigenvalue weighted by Gasteiger charge is -2.28. The zero-order chi connectivity index (χ0) is 13.2. The van der Waals surface area contributed by atoms with Crippen LogP contribution in [0.3, 0.4) is 0 Å². The second kappa shape index (κ2) is 5.78. The molecule has 2 atom stereocenters. The zero-order valence-corrected chi connectivity index (χ0v) is 13.4. The molecule has 0 aliphatic heterocycles. The molecule has 3 rings (SSSR count). The van der Waals surface area contributed by atoms with Gasteiger partial charge < -0.3 is 5.32 Å². The smallest absolute Gasteiger partial charge is 0.0399 e. The number of thiophene rings is 1. The van der Waals surface area contributed by atoms with Gasteiger partial charge in [0.15, 0.2) is 0 Å². The van der Waals surface area contributed by atoms with Gasteiger partial charge in [0.25, 0.3) is 0 Å². The highest BCUT2D eigenvalue weighted by Crippen LogP contribution is 2.30. The van der Waals surface area contributed by atoms with Crippen molar-refractivity contribution in [1.29, 1.82) is 0 Å². The highest BCUT2D eigenvalue weighted by molar-refractivity contribution is 9.10. The minimum Gasteiger partial charge on any atom is -0.306 e. The lowest BCUT2D eigenvalue weighted by molar-refractivity contribution is 0.416. The van der Waals surface area contributed by atoms with Gasteiger partial charge in [-0.3, -0.25) is 0 Å². The molecular formula is C16H18BrNS. The summed E-state index contributed by atoms with van der Waals surface area (Å²) in [6.45, 7) is 2.26. The molecular weight excluding hydrogens is 318 g/mol. The summed E-state index contributed by atoms with van der Waals surface area (Å²) in [6, 6.07) is 12.0. The van der Waals surface area contributed by atoms with Crippen LogP contribution in [0.2, 0.25) is 0 Å². The monoisotopic (exact) mass is 335 g/mol. The minimum atomic E-state index is 0.421. The highest BCUT2D eigenvalue weighted by atomic mass is 79.9. The van der Waals surface area contributed by atoms with Gasteiger partial charge in [-0.05, 0) is 64.7 Å². The molecule has 0 saturated carbocycles. The van der Waals surface area contributed by atoms with E-state index >= 15 is 0 Å². The number of benzene rings is 1. The van der Waals surface area contributed by atoms with Crippen LogP contribution in [0.25, 0.3) is 0 Å². The Bertz CT molecular complexity index is 563. The van der Waals surface area contributed by atoms with Crippen LogP contribution in [-0.4, -0.2) is 6.04 Å². The van der Waals surface area contributed by atoms with E-state index in [0.29, 0.717) is 12.1 Å². The Labute approximate surface area is 127 Å². The normalized spacial score (nSPS) is 20.0. The summed E-state index contributed by atoms with van der Waals surface area (Å²) >= 11 is 5.45. The molecule has 0 amide bonds. The van der Waals surface area contributed by atoms with E-state index in [1.807, 2.05) is 11.3 Å². The second-order valence-corrected chi connectivity index (χ2v) is 7.03. The molecule has 1 N–H and O–H groups in total. The van der Waals surface area contributed by atoms with Crippen molar-refractivity contribution in [3.05, 3.63) is 56.2 Å². The molecule has 1 aromatic carbocycles. The maximum absolute atomic E-state index is 3.78. The molecule has 0 spiro atoms. The molecule has 0 bridgehead atoms. The number of fused-ring (bicyclic) bond motifs is 1. The number of aryl methyl sites for hydroxylation is 1. The Hall–Kier alpha value is -0.640. The third-order valence-corrected chi connectivity index (χ3v) is 5.92. The van der Waals surface area contributed by atoms with Crippen LogP contribution in [0.1, 0.15) is 35.4 Å². The van der Waals surface area contributed by atoms with Crippen molar-refractivity contribution in [2.45, 2.75) is 38.3 Å². The van der Waals surface area contributed by atoms with E-state index in [4.69, 9.17) is 0 Å². The van der Waals surface area contributed by atoms with Crippen molar-refractivity contribution in [3.8, 4) is 0 Å². The first-order valence-electron chi connectivity index (χ1n) is 6.80. The molecule has 1 aromatic heterocycles. The van der Waals surface area contributed by atoms with E-state index in [2.05, 4.69) is 63.9 Å². The van der Waals surface area contributed by atoms with Gasteiger partial charge in [-0.2, -0.15) is 0 Å². The Morgan fingerprint density at radius 3 is 2.79 bits per heavy atom. The lowest BCUT2D eigenvalue weighted by atomic mass is 9.88. The molecule has 3 heteroatoms. The first-order valence-corrected chi connectivity index (χ1v) is 8.47. The van der Waals surface area contributed by atoms with E-state index in [9.17, 15) is 0 Å². The van der Waals surface area contributed by atoms with Gasteiger partial charge in [0.2, 0.25) is 0 Å². The molecule has 1 heterocycles. The average molecular weight is 336 g/mol. The molecule has 0 fully saturated rings. The van der Waals surface area contributed by atoms with Crippen molar-refractivity contribution in [3.63, 3.8) is 0 Å². The standard InChI is InChI=1S/C16H18BrNS/c1-11(16-15(17)8-9-19-16)18-14-7-6-12-4-2-3-5-13(12)10-14/h2-5,8-9,11,14,18H,6-7,10H2,1H3. The van der Waals surface area contributed by atoms with Gasteiger partial charge in [-0.15, -0.1) is 11.3 Å². The summed E-state index contributed by atoms with van der Waals surface area (Å²) < 4.78 is 1.23. The quantitative estimate of drug-likeness (QED) is 0.855. The van der Waals surface area contributed by atoms with Crippen LogP contribution in [0.4, 0.5) is 0 Å². The van der Waals surface area contributed by atoms with E-state index in [-0.39, 0.29) is 0 Å². The number of rotatable bonds is 3. The van der Waals surface area contributed by atoms with Crippen LogP contribution in [0, 0.1) is 0 Å². The summed E-state index contributed by atoms with van der Waals surface area (Å²) in [5.74, 6) is 0. The Morgan fingerprint density at radius 2 is 2.05 bits per heavy atom. The summed E-state index contributed by atoms with van der Waals surface area (Å²) in [6.07, 6.45) is 3.60. The molecule has 0 radical (unpaired) electrons. The van der Waals surface area contributed by atoms with Crippen molar-refractivity contribution in [1.82, 2.24) is 5.32 Å². The Balaban J connectivity index is 1.68. The molecule has 100 valence electrons. The number of hydrogen-bond donors (Lipinski definition) is 1. The molecule has 2 unspecified atom stereocenters. The predicted octanol–water partition coefficient (Wildman–Crippen LogP) is 4.72. The number of hydrogen-bond acceptors (Lipinski definition) is 2. The average Bonchev–Trinajstić information content (AvgIpc) is 2.85. The van der Waals surface area contributed by atoms with E-state index in [1.54, 1.807) is 0 Å². The molecule has 0 saturated heterocycles. The maximum Gasteiger partial charge on any atom is 0.0399 e. The second-order valence-electron chi connectivity index (χ2n) is 5.23. The summed E-state index contributed by atoms with van der Waals surface area (Å²) in [5, 5.41) is 5.93. The maximum atomic E-state index is 3.78. The van der Waals surface area contributed by atoms with Gasteiger partial charge >= 0.3 is 0 Å². The summed E-state index contributed by atoms with van der Waals surface area (Å²) in [7, 11) is 0. The van der Waals surface area contributed by atoms with E-state index in [0.717, 1.165) is 6.42 Å². The topological polar surface area (TPSA) is 12.0 Å². The fraction of sp³-hybridized carbons (Fsp3) is 0.375. The van der Waals surface area contributed by atoms with Crippen molar-refractivity contribution < 1.29 is 0 Å². The van der Waals surface area contributed by atoms with Crippen LogP contribution in [0.15, 0.2) is 40.2 Å². The van der Waals surface area contributed by atoms with Crippen molar-refractivity contribution in [2.24, 2.45) is 0 Å². The summed E-state index contributed by atoms with van der Waals surface area (Å²) in [5.41, 5.74) is 3.05. The van der Waals surface area contributed by atoms with Crippen molar-refractivity contribution >= 4 is 27.3 Å². The van der Waals surface area contributed by atoms with Gasteiger partial charge in [0.05, 0.1) is 0 Å².